The van der Waals surface area contributed by atoms with E-state index in [-0.39, 0.29) is 17.2 Å². The van der Waals surface area contributed by atoms with Crippen LogP contribution in [0.4, 0.5) is 0 Å². The molecule has 0 saturated carbocycles. The van der Waals surface area contributed by atoms with Gasteiger partial charge in [0.2, 0.25) is 5.91 Å². The van der Waals surface area contributed by atoms with Crippen molar-refractivity contribution in [3.8, 4) is 11.3 Å². The molecule has 2 aromatic carbocycles. The first-order valence-corrected chi connectivity index (χ1v) is 10.3. The van der Waals surface area contributed by atoms with Gasteiger partial charge in [-0.05, 0) is 32.3 Å². The largest absolute Gasteiger partial charge is 0.353 e. The molecule has 2 unspecified atom stereocenters. The second kappa shape index (κ2) is 9.46. The topological polar surface area (TPSA) is 72.9 Å². The molecule has 0 bridgehead atoms. The number of nitrogen functional groups attached to an aromatic ring is 1. The molecule has 0 aliphatic rings. The molecule has 0 fully saturated rings. The molecule has 0 spiro atoms. The van der Waals surface area contributed by atoms with E-state index in [9.17, 15) is 4.79 Å². The summed E-state index contributed by atoms with van der Waals surface area (Å²) in [6.07, 6.45) is 3.62. The maximum absolute atomic E-state index is 12.5. The number of amides is 1. The van der Waals surface area contributed by atoms with Crippen molar-refractivity contribution in [3.63, 3.8) is 0 Å². The molecule has 3 N–H and O–H groups in total. The van der Waals surface area contributed by atoms with Gasteiger partial charge >= 0.3 is 0 Å². The molecule has 146 valence electrons. The normalized spacial score (nSPS) is 13.1. The van der Waals surface area contributed by atoms with Crippen LogP contribution in [0, 0.1) is 0 Å². The van der Waals surface area contributed by atoms with Crippen molar-refractivity contribution < 1.29 is 4.79 Å². The standard InChI is InChI=1S/C22H26N4OS/c1-16(13-14-18-9-5-3-6-10-18)24-21(27)17(2)28-22-25-20(15-26(22)23)19-11-7-4-8-12-19/h3-12,15-17H,13-14,23H2,1-2H3,(H,24,27). The third-order valence-corrected chi connectivity index (χ3v) is 5.60. The monoisotopic (exact) mass is 394 g/mol. The van der Waals surface area contributed by atoms with E-state index in [2.05, 4.69) is 22.4 Å². The second-order valence-corrected chi connectivity index (χ2v) is 8.18. The van der Waals surface area contributed by atoms with Gasteiger partial charge in [-0.1, -0.05) is 72.4 Å². The summed E-state index contributed by atoms with van der Waals surface area (Å²) in [4.78, 5) is 17.1. The van der Waals surface area contributed by atoms with Crippen molar-refractivity contribution in [3.05, 3.63) is 72.4 Å². The fourth-order valence-corrected chi connectivity index (χ4v) is 3.70. The number of carbonyl (C=O) groups excluding carboxylic acids is 1. The molecule has 6 heteroatoms. The number of aromatic nitrogens is 2. The first kappa shape index (κ1) is 20.0. The molecular weight excluding hydrogens is 368 g/mol. The van der Waals surface area contributed by atoms with Crippen molar-refractivity contribution >= 4 is 17.7 Å². The van der Waals surface area contributed by atoms with E-state index < -0.39 is 0 Å². The Morgan fingerprint density at radius 3 is 2.43 bits per heavy atom. The van der Waals surface area contributed by atoms with Gasteiger partial charge in [-0.3, -0.25) is 4.79 Å². The summed E-state index contributed by atoms with van der Waals surface area (Å²) in [5, 5.41) is 3.43. The highest BCUT2D eigenvalue weighted by Gasteiger charge is 2.19. The average molecular weight is 395 g/mol. The molecule has 1 aromatic heterocycles. The predicted molar refractivity (Wildman–Crippen MR) is 116 cm³/mol. The van der Waals surface area contributed by atoms with Crippen LogP contribution in [0.1, 0.15) is 25.8 Å². The smallest absolute Gasteiger partial charge is 0.233 e. The number of thioether (sulfide) groups is 1. The van der Waals surface area contributed by atoms with E-state index in [0.29, 0.717) is 5.16 Å². The number of carbonyl (C=O) groups is 1. The number of rotatable bonds is 8. The highest BCUT2D eigenvalue weighted by Crippen LogP contribution is 2.25. The van der Waals surface area contributed by atoms with E-state index in [1.165, 1.54) is 22.0 Å². The number of nitrogens with zero attached hydrogens (tertiary/aromatic N) is 2. The first-order valence-electron chi connectivity index (χ1n) is 9.44. The summed E-state index contributed by atoms with van der Waals surface area (Å²) in [5.41, 5.74) is 3.08. The van der Waals surface area contributed by atoms with E-state index in [0.717, 1.165) is 24.1 Å². The van der Waals surface area contributed by atoms with Crippen LogP contribution in [0.2, 0.25) is 0 Å². The van der Waals surface area contributed by atoms with Crippen molar-refractivity contribution in [1.29, 1.82) is 0 Å². The van der Waals surface area contributed by atoms with Gasteiger partial charge in [0, 0.05) is 11.6 Å². The second-order valence-electron chi connectivity index (χ2n) is 6.88. The minimum atomic E-state index is -0.285. The number of benzene rings is 2. The fourth-order valence-electron chi connectivity index (χ4n) is 2.88. The van der Waals surface area contributed by atoms with Gasteiger partial charge in [0.15, 0.2) is 5.16 Å². The summed E-state index contributed by atoms with van der Waals surface area (Å²) < 4.78 is 1.48. The van der Waals surface area contributed by atoms with E-state index in [1.807, 2.05) is 62.4 Å². The van der Waals surface area contributed by atoms with Gasteiger partial charge in [0.25, 0.3) is 0 Å². The molecule has 0 radical (unpaired) electrons. The zero-order valence-corrected chi connectivity index (χ0v) is 17.0. The lowest BCUT2D eigenvalue weighted by Gasteiger charge is -2.17. The van der Waals surface area contributed by atoms with Gasteiger partial charge in [-0.2, -0.15) is 0 Å². The predicted octanol–water partition coefficient (Wildman–Crippen LogP) is 3.88. The number of nitrogens with two attached hydrogens (primary N) is 1. The Hall–Kier alpha value is -2.73. The molecule has 1 amide bonds. The molecule has 1 heterocycles. The summed E-state index contributed by atoms with van der Waals surface area (Å²) >= 11 is 1.37. The Morgan fingerprint density at radius 1 is 1.11 bits per heavy atom. The Balaban J connectivity index is 1.53. The van der Waals surface area contributed by atoms with Crippen LogP contribution >= 0.6 is 11.8 Å². The number of imidazole rings is 1. The lowest BCUT2D eigenvalue weighted by atomic mass is 10.1. The summed E-state index contributed by atoms with van der Waals surface area (Å²) in [5.74, 6) is 6.04. The Bertz CT molecular complexity index is 895. The molecule has 0 saturated heterocycles. The third-order valence-electron chi connectivity index (χ3n) is 4.52. The lowest BCUT2D eigenvalue weighted by molar-refractivity contribution is -0.120. The number of nitrogens with one attached hydrogen (secondary N) is 1. The van der Waals surface area contributed by atoms with Crippen LogP contribution in [0.5, 0.6) is 0 Å². The zero-order valence-electron chi connectivity index (χ0n) is 16.2. The summed E-state index contributed by atoms with van der Waals surface area (Å²) in [7, 11) is 0. The van der Waals surface area contributed by atoms with E-state index >= 15 is 0 Å². The highest BCUT2D eigenvalue weighted by molar-refractivity contribution is 8.00. The molecular formula is C22H26N4OS. The van der Waals surface area contributed by atoms with Crippen molar-refractivity contribution in [2.45, 2.75) is 43.1 Å². The quantitative estimate of drug-likeness (QED) is 0.449. The SMILES string of the molecule is CC(CCc1ccccc1)NC(=O)C(C)Sc1nc(-c2ccccc2)cn1N. The number of hydrogen-bond acceptors (Lipinski definition) is 4. The average Bonchev–Trinajstić information content (AvgIpc) is 3.08. The molecule has 0 aliphatic heterocycles. The van der Waals surface area contributed by atoms with E-state index in [1.54, 1.807) is 6.20 Å². The van der Waals surface area contributed by atoms with Crippen LogP contribution < -0.4 is 11.2 Å². The Morgan fingerprint density at radius 2 is 1.75 bits per heavy atom. The highest BCUT2D eigenvalue weighted by atomic mass is 32.2. The molecule has 2 atom stereocenters. The molecule has 28 heavy (non-hydrogen) atoms. The van der Waals surface area contributed by atoms with Crippen LogP contribution in [-0.2, 0) is 11.2 Å². The van der Waals surface area contributed by atoms with Crippen molar-refractivity contribution in [2.75, 3.05) is 5.84 Å². The molecule has 3 rings (SSSR count). The lowest BCUT2D eigenvalue weighted by Crippen LogP contribution is -2.38. The number of hydrogen-bond donors (Lipinski definition) is 2. The van der Waals surface area contributed by atoms with E-state index in [4.69, 9.17) is 5.84 Å². The van der Waals surface area contributed by atoms with Crippen molar-refractivity contribution in [1.82, 2.24) is 15.0 Å². The van der Waals surface area contributed by atoms with Gasteiger partial charge < -0.3 is 11.2 Å². The van der Waals surface area contributed by atoms with Crippen LogP contribution in [-0.4, -0.2) is 26.9 Å². The zero-order chi connectivity index (χ0) is 19.9. The minimum Gasteiger partial charge on any atom is -0.353 e. The summed E-state index contributed by atoms with van der Waals surface area (Å²) in [6, 6.07) is 20.3. The van der Waals surface area contributed by atoms with Gasteiger partial charge in [-0.15, -0.1) is 0 Å². The van der Waals surface area contributed by atoms with Gasteiger partial charge in [0.1, 0.15) is 0 Å². The molecule has 3 aromatic rings. The van der Waals surface area contributed by atoms with Gasteiger partial charge in [-0.25, -0.2) is 9.66 Å². The Labute approximate surface area is 170 Å². The first-order chi connectivity index (χ1) is 13.5. The molecule has 0 aliphatic carbocycles. The van der Waals surface area contributed by atoms with Crippen LogP contribution in [0.25, 0.3) is 11.3 Å². The van der Waals surface area contributed by atoms with Crippen LogP contribution in [0.15, 0.2) is 72.0 Å². The number of aryl methyl sites for hydroxylation is 1. The third kappa shape index (κ3) is 5.39. The van der Waals surface area contributed by atoms with Crippen LogP contribution in [0.3, 0.4) is 0 Å². The van der Waals surface area contributed by atoms with Gasteiger partial charge in [0.05, 0.1) is 17.1 Å². The maximum Gasteiger partial charge on any atom is 0.233 e. The Kier molecular flexibility index (Phi) is 6.76. The summed E-state index contributed by atoms with van der Waals surface area (Å²) in [6.45, 7) is 3.91. The fraction of sp³-hybridized carbons (Fsp3) is 0.273. The molecule has 5 nitrogen and oxygen atoms in total. The maximum atomic E-state index is 12.5. The minimum absolute atomic E-state index is 0.00479. The van der Waals surface area contributed by atoms with Crippen molar-refractivity contribution in [2.24, 2.45) is 0 Å².